The van der Waals surface area contributed by atoms with Crippen LogP contribution < -0.4 is 5.32 Å². The highest BCUT2D eigenvalue weighted by Gasteiger charge is 2.12. The monoisotopic (exact) mass is 379 g/mol. The number of halogens is 1. The van der Waals surface area contributed by atoms with E-state index in [2.05, 4.69) is 20.8 Å². The van der Waals surface area contributed by atoms with Crippen molar-refractivity contribution in [1.29, 1.82) is 0 Å². The molecule has 0 bridgehead atoms. The van der Waals surface area contributed by atoms with Crippen LogP contribution in [0.4, 0.5) is 10.1 Å². The lowest BCUT2D eigenvalue weighted by Gasteiger charge is -2.06. The molecule has 0 aliphatic carbocycles. The highest BCUT2D eigenvalue weighted by Crippen LogP contribution is 2.29. The van der Waals surface area contributed by atoms with E-state index in [0.717, 1.165) is 16.0 Å². The van der Waals surface area contributed by atoms with Crippen LogP contribution in [-0.4, -0.2) is 26.1 Å². The summed E-state index contributed by atoms with van der Waals surface area (Å²) >= 11 is 1.35. The van der Waals surface area contributed by atoms with Crippen LogP contribution in [0.1, 0.15) is 9.67 Å². The average Bonchev–Trinajstić information content (AvgIpc) is 3.32. The van der Waals surface area contributed by atoms with Crippen LogP contribution in [0.5, 0.6) is 0 Å². The van der Waals surface area contributed by atoms with Gasteiger partial charge in [-0.1, -0.05) is 24.3 Å². The van der Waals surface area contributed by atoms with Gasteiger partial charge in [0.1, 0.15) is 5.82 Å². The lowest BCUT2D eigenvalue weighted by atomic mass is 10.2. The van der Waals surface area contributed by atoms with Gasteiger partial charge in [0.25, 0.3) is 5.91 Å². The smallest absolute Gasteiger partial charge is 0.265 e. The lowest BCUT2D eigenvalue weighted by molar-refractivity contribution is 0.103. The summed E-state index contributed by atoms with van der Waals surface area (Å²) in [5.41, 5.74) is 2.33. The normalized spacial score (nSPS) is 10.7. The van der Waals surface area contributed by atoms with Crippen molar-refractivity contribution in [2.24, 2.45) is 7.05 Å². The van der Waals surface area contributed by atoms with E-state index in [0.29, 0.717) is 16.4 Å². The zero-order chi connectivity index (χ0) is 18.8. The van der Waals surface area contributed by atoms with Gasteiger partial charge in [-0.2, -0.15) is 0 Å². The Kier molecular flexibility index (Phi) is 4.47. The second kappa shape index (κ2) is 7.08. The van der Waals surface area contributed by atoms with Crippen molar-refractivity contribution in [3.05, 3.63) is 71.4 Å². The molecule has 0 aliphatic rings. The zero-order valence-electron chi connectivity index (χ0n) is 14.3. The molecule has 6 nitrogen and oxygen atoms in total. The van der Waals surface area contributed by atoms with Gasteiger partial charge in [0.2, 0.25) is 0 Å². The summed E-state index contributed by atoms with van der Waals surface area (Å²) in [7, 11) is 1.75. The number of benzene rings is 2. The number of nitrogens with zero attached hydrogens (tertiary/aromatic N) is 4. The highest BCUT2D eigenvalue weighted by atomic mass is 32.1. The van der Waals surface area contributed by atoms with Crippen LogP contribution in [0.15, 0.2) is 60.7 Å². The first kappa shape index (κ1) is 17.0. The number of aryl methyl sites for hydroxylation is 1. The molecule has 8 heteroatoms. The third-order valence-corrected chi connectivity index (χ3v) is 5.09. The molecular formula is C19H14FN5OS. The molecule has 0 aliphatic heterocycles. The topological polar surface area (TPSA) is 72.7 Å². The van der Waals surface area contributed by atoms with Crippen molar-refractivity contribution in [3.8, 4) is 21.8 Å². The molecule has 27 heavy (non-hydrogen) atoms. The Labute approximate surface area is 158 Å². The number of carbonyl (C=O) groups is 1. The highest BCUT2D eigenvalue weighted by molar-refractivity contribution is 7.17. The van der Waals surface area contributed by atoms with Crippen LogP contribution in [0.3, 0.4) is 0 Å². The fourth-order valence-electron chi connectivity index (χ4n) is 2.63. The van der Waals surface area contributed by atoms with Gasteiger partial charge in [-0.05, 0) is 52.4 Å². The number of hydrogen-bond acceptors (Lipinski definition) is 5. The van der Waals surface area contributed by atoms with Crippen molar-refractivity contribution >= 4 is 22.9 Å². The molecule has 134 valence electrons. The van der Waals surface area contributed by atoms with E-state index in [-0.39, 0.29) is 11.7 Å². The van der Waals surface area contributed by atoms with Gasteiger partial charge >= 0.3 is 0 Å². The molecule has 0 saturated carbocycles. The molecule has 0 unspecified atom stereocenters. The van der Waals surface area contributed by atoms with Crippen LogP contribution in [-0.2, 0) is 7.05 Å². The van der Waals surface area contributed by atoms with Crippen molar-refractivity contribution in [3.63, 3.8) is 0 Å². The first-order chi connectivity index (χ1) is 13.1. The standard InChI is InChI=1S/C19H14FN5OS/c1-25-18(22-23-24-25)13-3-2-4-15(11-13)21-19(26)17-10-9-16(27-17)12-5-7-14(20)8-6-12/h2-11H,1H3,(H,21,26). The summed E-state index contributed by atoms with van der Waals surface area (Å²) in [6.07, 6.45) is 0. The van der Waals surface area contributed by atoms with E-state index >= 15 is 0 Å². The van der Waals surface area contributed by atoms with Gasteiger partial charge in [-0.25, -0.2) is 9.07 Å². The molecule has 0 spiro atoms. The molecule has 2 heterocycles. The van der Waals surface area contributed by atoms with Gasteiger partial charge in [0, 0.05) is 23.2 Å². The predicted octanol–water partition coefficient (Wildman–Crippen LogP) is 4.00. The molecular weight excluding hydrogens is 365 g/mol. The van der Waals surface area contributed by atoms with E-state index in [1.165, 1.54) is 23.5 Å². The number of thiophene rings is 1. The molecule has 0 fully saturated rings. The van der Waals surface area contributed by atoms with Gasteiger partial charge < -0.3 is 5.32 Å². The van der Waals surface area contributed by atoms with E-state index < -0.39 is 0 Å². The first-order valence-corrected chi connectivity index (χ1v) is 8.92. The Morgan fingerprint density at radius 3 is 2.63 bits per heavy atom. The van der Waals surface area contributed by atoms with Crippen LogP contribution in [0.2, 0.25) is 0 Å². The predicted molar refractivity (Wildman–Crippen MR) is 102 cm³/mol. The number of carbonyl (C=O) groups excluding carboxylic acids is 1. The summed E-state index contributed by atoms with van der Waals surface area (Å²) in [6, 6.07) is 17.1. The molecule has 2 aromatic carbocycles. The average molecular weight is 379 g/mol. The Hall–Kier alpha value is -3.39. The second-order valence-electron chi connectivity index (χ2n) is 5.83. The maximum absolute atomic E-state index is 13.1. The van der Waals surface area contributed by atoms with Crippen molar-refractivity contribution < 1.29 is 9.18 Å². The molecule has 1 amide bonds. The SMILES string of the molecule is Cn1nnnc1-c1cccc(NC(=O)c2ccc(-c3ccc(F)cc3)s2)c1. The first-order valence-electron chi connectivity index (χ1n) is 8.10. The fourth-order valence-corrected chi connectivity index (χ4v) is 3.54. The van der Waals surface area contributed by atoms with Crippen LogP contribution in [0.25, 0.3) is 21.8 Å². The fraction of sp³-hybridized carbons (Fsp3) is 0.0526. The maximum Gasteiger partial charge on any atom is 0.265 e. The third-order valence-electron chi connectivity index (χ3n) is 3.96. The quantitative estimate of drug-likeness (QED) is 0.582. The Morgan fingerprint density at radius 2 is 1.89 bits per heavy atom. The summed E-state index contributed by atoms with van der Waals surface area (Å²) < 4.78 is 14.6. The Balaban J connectivity index is 1.53. The number of nitrogens with one attached hydrogen (secondary N) is 1. The van der Waals surface area contributed by atoms with E-state index in [9.17, 15) is 9.18 Å². The number of anilines is 1. The maximum atomic E-state index is 13.1. The van der Waals surface area contributed by atoms with Crippen molar-refractivity contribution in [1.82, 2.24) is 20.2 Å². The van der Waals surface area contributed by atoms with Crippen molar-refractivity contribution in [2.45, 2.75) is 0 Å². The number of hydrogen-bond donors (Lipinski definition) is 1. The number of aromatic nitrogens is 4. The number of tetrazole rings is 1. The molecule has 0 saturated heterocycles. The molecule has 0 radical (unpaired) electrons. The summed E-state index contributed by atoms with van der Waals surface area (Å²) in [6.45, 7) is 0. The Morgan fingerprint density at radius 1 is 1.07 bits per heavy atom. The summed E-state index contributed by atoms with van der Waals surface area (Å²) in [5.74, 6) is 0.119. The summed E-state index contributed by atoms with van der Waals surface area (Å²) in [5, 5.41) is 14.3. The van der Waals surface area contributed by atoms with Gasteiger partial charge in [-0.15, -0.1) is 16.4 Å². The molecule has 4 rings (SSSR count). The summed E-state index contributed by atoms with van der Waals surface area (Å²) in [4.78, 5) is 14.0. The lowest BCUT2D eigenvalue weighted by Crippen LogP contribution is -2.10. The van der Waals surface area contributed by atoms with Gasteiger partial charge in [0.05, 0.1) is 4.88 Å². The minimum atomic E-state index is -0.286. The molecule has 1 N–H and O–H groups in total. The molecule has 0 atom stereocenters. The second-order valence-corrected chi connectivity index (χ2v) is 6.92. The van der Waals surface area contributed by atoms with Gasteiger partial charge in [0.15, 0.2) is 5.82 Å². The largest absolute Gasteiger partial charge is 0.321 e. The Bertz CT molecular complexity index is 1100. The van der Waals surface area contributed by atoms with Crippen molar-refractivity contribution in [2.75, 3.05) is 5.32 Å². The number of amides is 1. The zero-order valence-corrected chi connectivity index (χ0v) is 15.1. The van der Waals surface area contributed by atoms with Crippen LogP contribution >= 0.6 is 11.3 Å². The minimum absolute atomic E-state index is 0.207. The van der Waals surface area contributed by atoms with E-state index in [4.69, 9.17) is 0 Å². The molecule has 4 aromatic rings. The van der Waals surface area contributed by atoms with E-state index in [1.54, 1.807) is 36.0 Å². The van der Waals surface area contributed by atoms with E-state index in [1.807, 2.05) is 24.3 Å². The number of rotatable bonds is 4. The minimum Gasteiger partial charge on any atom is -0.321 e. The van der Waals surface area contributed by atoms with Crippen LogP contribution in [0, 0.1) is 5.82 Å². The molecule has 2 aromatic heterocycles. The third kappa shape index (κ3) is 3.61. The van der Waals surface area contributed by atoms with Gasteiger partial charge in [-0.3, -0.25) is 4.79 Å².